The van der Waals surface area contributed by atoms with Gasteiger partial charge in [-0.3, -0.25) is 4.79 Å². The molecule has 1 fully saturated rings. The molecule has 1 aromatic heterocycles. The number of amides is 1. The number of nitrogens with zero attached hydrogens (tertiary/aromatic N) is 1. The Kier molecular flexibility index (Phi) is 6.43. The van der Waals surface area contributed by atoms with Crippen LogP contribution in [0.3, 0.4) is 0 Å². The van der Waals surface area contributed by atoms with E-state index < -0.39 is 10.0 Å². The molecular weight excluding hydrogens is 378 g/mol. The SMILES string of the molecule is CNS(=O)(=O)c1ccc(/C=C/C(=O)NCc2ccc(OCC3CC3)nc2)cc1. The van der Waals surface area contributed by atoms with E-state index in [1.807, 2.05) is 6.07 Å². The van der Waals surface area contributed by atoms with Gasteiger partial charge in [0.25, 0.3) is 0 Å². The summed E-state index contributed by atoms with van der Waals surface area (Å²) in [7, 11) is -2.10. The molecule has 1 aromatic carbocycles. The van der Waals surface area contributed by atoms with E-state index in [0.29, 0.717) is 18.3 Å². The molecule has 7 nitrogen and oxygen atoms in total. The van der Waals surface area contributed by atoms with Crippen molar-refractivity contribution in [3.05, 3.63) is 59.8 Å². The van der Waals surface area contributed by atoms with Gasteiger partial charge in [0, 0.05) is 24.9 Å². The number of benzene rings is 1. The third-order valence-corrected chi connectivity index (χ3v) is 5.74. The molecule has 3 rings (SSSR count). The van der Waals surface area contributed by atoms with Crippen molar-refractivity contribution in [2.75, 3.05) is 13.7 Å². The zero-order valence-corrected chi connectivity index (χ0v) is 16.4. The first-order chi connectivity index (χ1) is 13.5. The van der Waals surface area contributed by atoms with Crippen LogP contribution in [0.4, 0.5) is 0 Å². The van der Waals surface area contributed by atoms with Gasteiger partial charge in [-0.2, -0.15) is 0 Å². The Labute approximate surface area is 164 Å². The molecule has 1 aliphatic carbocycles. The second-order valence-corrected chi connectivity index (χ2v) is 8.47. The van der Waals surface area contributed by atoms with E-state index in [0.717, 1.165) is 17.7 Å². The van der Waals surface area contributed by atoms with Crippen LogP contribution in [-0.4, -0.2) is 33.0 Å². The molecule has 2 aromatic rings. The molecule has 1 amide bonds. The standard InChI is InChI=1S/C20H23N3O4S/c1-21-28(25,26)18-8-4-15(5-9-18)6-10-19(24)22-12-17-7-11-20(23-13-17)27-14-16-2-3-16/h4-11,13,16,21H,2-3,12,14H2,1H3,(H,22,24)/b10-6+. The minimum atomic E-state index is -3.46. The fourth-order valence-electron chi connectivity index (χ4n) is 2.38. The van der Waals surface area contributed by atoms with Crippen LogP contribution in [0.2, 0.25) is 0 Å². The van der Waals surface area contributed by atoms with Gasteiger partial charge in [0.15, 0.2) is 0 Å². The fraction of sp³-hybridized carbons (Fsp3) is 0.300. The van der Waals surface area contributed by atoms with Gasteiger partial charge >= 0.3 is 0 Å². The van der Waals surface area contributed by atoms with E-state index in [1.165, 1.54) is 38.1 Å². The summed E-state index contributed by atoms with van der Waals surface area (Å²) >= 11 is 0. The second-order valence-electron chi connectivity index (χ2n) is 6.59. The molecular formula is C20H23N3O4S. The maximum absolute atomic E-state index is 12.0. The highest BCUT2D eigenvalue weighted by molar-refractivity contribution is 7.89. The summed E-state index contributed by atoms with van der Waals surface area (Å²) in [5, 5.41) is 2.78. The molecule has 2 N–H and O–H groups in total. The monoisotopic (exact) mass is 401 g/mol. The predicted octanol–water partition coefficient (Wildman–Crippen LogP) is 2.11. The van der Waals surface area contributed by atoms with Crippen molar-refractivity contribution >= 4 is 22.0 Å². The number of ether oxygens (including phenoxy) is 1. The van der Waals surface area contributed by atoms with Crippen LogP contribution >= 0.6 is 0 Å². The first kappa shape index (κ1) is 20.0. The van der Waals surface area contributed by atoms with Crippen molar-refractivity contribution in [3.63, 3.8) is 0 Å². The quantitative estimate of drug-likeness (QED) is 0.627. The summed E-state index contributed by atoms with van der Waals surface area (Å²) in [6.07, 6.45) is 7.18. The Morgan fingerprint density at radius 1 is 1.21 bits per heavy atom. The highest BCUT2D eigenvalue weighted by Crippen LogP contribution is 2.29. The van der Waals surface area contributed by atoms with Gasteiger partial charge in [-0.15, -0.1) is 0 Å². The molecule has 1 heterocycles. The van der Waals surface area contributed by atoms with Crippen LogP contribution in [0.15, 0.2) is 53.6 Å². The van der Waals surface area contributed by atoms with E-state index in [-0.39, 0.29) is 10.8 Å². The first-order valence-electron chi connectivity index (χ1n) is 9.03. The lowest BCUT2D eigenvalue weighted by Crippen LogP contribution is -2.20. The van der Waals surface area contributed by atoms with Crippen molar-refractivity contribution < 1.29 is 17.9 Å². The van der Waals surface area contributed by atoms with Gasteiger partial charge in [-0.1, -0.05) is 18.2 Å². The molecule has 8 heteroatoms. The molecule has 148 valence electrons. The summed E-state index contributed by atoms with van der Waals surface area (Å²) in [5.74, 6) is 1.03. The van der Waals surface area contributed by atoms with Gasteiger partial charge in [0.1, 0.15) is 0 Å². The molecule has 28 heavy (non-hydrogen) atoms. The van der Waals surface area contributed by atoms with E-state index >= 15 is 0 Å². The van der Waals surface area contributed by atoms with Crippen LogP contribution in [0.25, 0.3) is 6.08 Å². The molecule has 0 bridgehead atoms. The second kappa shape index (κ2) is 8.99. The summed E-state index contributed by atoms with van der Waals surface area (Å²) in [4.78, 5) is 16.4. The lowest BCUT2D eigenvalue weighted by molar-refractivity contribution is -0.116. The molecule has 0 spiro atoms. The van der Waals surface area contributed by atoms with E-state index in [9.17, 15) is 13.2 Å². The van der Waals surface area contributed by atoms with Crippen molar-refractivity contribution in [1.82, 2.24) is 15.0 Å². The fourth-order valence-corrected chi connectivity index (χ4v) is 3.11. The van der Waals surface area contributed by atoms with Gasteiger partial charge in [-0.05, 0) is 55.1 Å². The van der Waals surface area contributed by atoms with Crippen molar-refractivity contribution in [2.24, 2.45) is 5.92 Å². The van der Waals surface area contributed by atoms with E-state index in [2.05, 4.69) is 15.0 Å². The zero-order valence-electron chi connectivity index (χ0n) is 15.6. The zero-order chi connectivity index (χ0) is 20.0. The Balaban J connectivity index is 1.46. The van der Waals surface area contributed by atoms with Gasteiger partial charge in [0.05, 0.1) is 11.5 Å². The normalized spacial score (nSPS) is 14.2. The van der Waals surface area contributed by atoms with Gasteiger partial charge in [0.2, 0.25) is 21.8 Å². The first-order valence-corrected chi connectivity index (χ1v) is 10.5. The number of sulfonamides is 1. The number of hydrogen-bond acceptors (Lipinski definition) is 5. The lowest BCUT2D eigenvalue weighted by atomic mass is 10.2. The Bertz CT molecular complexity index is 934. The maximum atomic E-state index is 12.0. The summed E-state index contributed by atoms with van der Waals surface area (Å²) in [6, 6.07) is 9.93. The number of rotatable bonds is 9. The number of nitrogens with one attached hydrogen (secondary N) is 2. The highest BCUT2D eigenvalue weighted by atomic mass is 32.2. The average molecular weight is 401 g/mol. The predicted molar refractivity (Wildman–Crippen MR) is 106 cm³/mol. The third-order valence-electron chi connectivity index (χ3n) is 4.31. The van der Waals surface area contributed by atoms with Gasteiger partial charge in [-0.25, -0.2) is 18.1 Å². The number of carbonyl (C=O) groups is 1. The van der Waals surface area contributed by atoms with Crippen LogP contribution in [0, 0.1) is 5.92 Å². The minimum absolute atomic E-state index is 0.175. The van der Waals surface area contributed by atoms with Gasteiger partial charge < -0.3 is 10.1 Å². The smallest absolute Gasteiger partial charge is 0.244 e. The molecule has 0 unspecified atom stereocenters. The van der Waals surface area contributed by atoms with Crippen LogP contribution in [-0.2, 0) is 21.4 Å². The van der Waals surface area contributed by atoms with E-state index in [4.69, 9.17) is 4.74 Å². The number of pyridine rings is 1. The van der Waals surface area contributed by atoms with Crippen LogP contribution in [0.5, 0.6) is 5.88 Å². The van der Waals surface area contributed by atoms with E-state index in [1.54, 1.807) is 30.5 Å². The lowest BCUT2D eigenvalue weighted by Gasteiger charge is -2.06. The Morgan fingerprint density at radius 2 is 1.96 bits per heavy atom. The minimum Gasteiger partial charge on any atom is -0.477 e. The number of aromatic nitrogens is 1. The number of carbonyl (C=O) groups excluding carboxylic acids is 1. The molecule has 1 aliphatic rings. The Morgan fingerprint density at radius 3 is 2.57 bits per heavy atom. The molecule has 0 aliphatic heterocycles. The van der Waals surface area contributed by atoms with Crippen molar-refractivity contribution in [1.29, 1.82) is 0 Å². The summed E-state index contributed by atoms with van der Waals surface area (Å²) in [5.41, 5.74) is 1.60. The van der Waals surface area contributed by atoms with Crippen molar-refractivity contribution in [3.8, 4) is 5.88 Å². The van der Waals surface area contributed by atoms with Crippen LogP contribution < -0.4 is 14.8 Å². The number of hydrogen-bond donors (Lipinski definition) is 2. The summed E-state index contributed by atoms with van der Waals surface area (Å²) < 4.78 is 31.2. The largest absolute Gasteiger partial charge is 0.477 e. The topological polar surface area (TPSA) is 97.4 Å². The maximum Gasteiger partial charge on any atom is 0.244 e. The molecule has 0 saturated heterocycles. The summed E-state index contributed by atoms with van der Waals surface area (Å²) in [6.45, 7) is 1.08. The molecule has 1 saturated carbocycles. The molecule has 0 radical (unpaired) electrons. The third kappa shape index (κ3) is 5.90. The highest BCUT2D eigenvalue weighted by Gasteiger charge is 2.22. The average Bonchev–Trinajstić information content (AvgIpc) is 3.55. The van der Waals surface area contributed by atoms with Crippen molar-refractivity contribution in [2.45, 2.75) is 24.3 Å². The van der Waals surface area contributed by atoms with Crippen LogP contribution in [0.1, 0.15) is 24.0 Å². The molecule has 0 atom stereocenters. The Hall–Kier alpha value is -2.71.